The number of nitrogens with zero attached hydrogens (tertiary/aromatic N) is 3. The molecule has 3 heterocycles. The van der Waals surface area contributed by atoms with Gasteiger partial charge in [0.05, 0.1) is 24.9 Å². The van der Waals surface area contributed by atoms with Crippen molar-refractivity contribution in [2.24, 2.45) is 4.99 Å². The smallest absolute Gasteiger partial charge is 0.191 e. The van der Waals surface area contributed by atoms with Crippen molar-refractivity contribution in [2.75, 3.05) is 37.7 Å². The number of rotatable bonds is 6. The highest BCUT2D eigenvalue weighted by Gasteiger charge is 2.23. The number of aromatic nitrogens is 1. The molecule has 8 heteroatoms. The predicted molar refractivity (Wildman–Crippen MR) is 124 cm³/mol. The zero-order valence-corrected chi connectivity index (χ0v) is 19.5. The van der Waals surface area contributed by atoms with Crippen molar-refractivity contribution in [3.63, 3.8) is 0 Å². The Bertz CT molecular complexity index is 597. The summed E-state index contributed by atoms with van der Waals surface area (Å²) in [5, 5.41) is 6.67. The summed E-state index contributed by atoms with van der Waals surface area (Å²) in [5.41, 5.74) is 1.10. The summed E-state index contributed by atoms with van der Waals surface area (Å²) in [5.74, 6) is 1.83. The van der Waals surface area contributed by atoms with Gasteiger partial charge in [0.1, 0.15) is 5.82 Å². The Labute approximate surface area is 185 Å². The lowest BCUT2D eigenvalue weighted by atomic mass is 10.2. The van der Waals surface area contributed by atoms with E-state index in [0.29, 0.717) is 12.6 Å². The lowest BCUT2D eigenvalue weighted by molar-refractivity contribution is -0.00545. The fourth-order valence-corrected chi connectivity index (χ4v) is 3.59. The molecule has 2 N–H and O–H groups in total. The van der Waals surface area contributed by atoms with Crippen molar-refractivity contribution in [1.29, 1.82) is 0 Å². The van der Waals surface area contributed by atoms with Crippen LogP contribution in [0.15, 0.2) is 23.3 Å². The maximum absolute atomic E-state index is 5.80. The van der Waals surface area contributed by atoms with Crippen molar-refractivity contribution in [1.82, 2.24) is 15.6 Å². The minimum Gasteiger partial charge on any atom is -0.376 e. The third kappa shape index (κ3) is 7.04. The van der Waals surface area contributed by atoms with Gasteiger partial charge in [0, 0.05) is 39.0 Å². The lowest BCUT2D eigenvalue weighted by Gasteiger charge is -2.36. The number of aliphatic imine (C=N–C) groups is 1. The first-order valence-corrected chi connectivity index (χ1v) is 10.1. The summed E-state index contributed by atoms with van der Waals surface area (Å²) in [4.78, 5) is 11.6. The van der Waals surface area contributed by atoms with Crippen LogP contribution in [0.1, 0.15) is 39.2 Å². The van der Waals surface area contributed by atoms with Crippen LogP contribution in [0.3, 0.4) is 0 Å². The van der Waals surface area contributed by atoms with Gasteiger partial charge in [-0.05, 0) is 45.2 Å². The molecule has 2 saturated heterocycles. The van der Waals surface area contributed by atoms with E-state index < -0.39 is 0 Å². The molecular weight excluding hydrogens is 469 g/mol. The number of halogens is 1. The third-order valence-electron chi connectivity index (χ3n) is 4.84. The fourth-order valence-electron chi connectivity index (χ4n) is 3.59. The first kappa shape index (κ1) is 23.2. The van der Waals surface area contributed by atoms with Gasteiger partial charge in [0.15, 0.2) is 5.96 Å². The molecule has 0 aromatic carbocycles. The monoisotopic (exact) mass is 503 g/mol. The lowest BCUT2D eigenvalue weighted by Crippen LogP contribution is -2.45. The van der Waals surface area contributed by atoms with Crippen molar-refractivity contribution in [3.8, 4) is 0 Å². The molecule has 3 rings (SSSR count). The number of ether oxygens (including phenoxy) is 2. The van der Waals surface area contributed by atoms with Gasteiger partial charge in [0.25, 0.3) is 0 Å². The Kier molecular flexibility index (Phi) is 9.73. The molecule has 1 aromatic heterocycles. The summed E-state index contributed by atoms with van der Waals surface area (Å²) in [7, 11) is 0. The molecule has 0 bridgehead atoms. The van der Waals surface area contributed by atoms with Gasteiger partial charge in [-0.15, -0.1) is 24.0 Å². The molecule has 0 radical (unpaired) electrons. The highest BCUT2D eigenvalue weighted by Crippen LogP contribution is 2.18. The second kappa shape index (κ2) is 11.8. The molecule has 0 spiro atoms. The van der Waals surface area contributed by atoms with Gasteiger partial charge >= 0.3 is 0 Å². The van der Waals surface area contributed by atoms with Gasteiger partial charge in [-0.2, -0.15) is 0 Å². The van der Waals surface area contributed by atoms with Gasteiger partial charge in [-0.25, -0.2) is 9.98 Å². The van der Waals surface area contributed by atoms with E-state index in [-0.39, 0.29) is 36.2 Å². The van der Waals surface area contributed by atoms with Crippen LogP contribution in [0.4, 0.5) is 5.82 Å². The predicted octanol–water partition coefficient (Wildman–Crippen LogP) is 2.55. The average Bonchev–Trinajstić information content (AvgIpc) is 3.17. The summed E-state index contributed by atoms with van der Waals surface area (Å²) in [6.45, 7) is 11.2. The highest BCUT2D eigenvalue weighted by molar-refractivity contribution is 14.0. The van der Waals surface area contributed by atoms with Gasteiger partial charge in [-0.1, -0.05) is 6.07 Å². The van der Waals surface area contributed by atoms with Crippen molar-refractivity contribution in [2.45, 2.75) is 58.5 Å². The van der Waals surface area contributed by atoms with Gasteiger partial charge in [-0.3, -0.25) is 0 Å². The van der Waals surface area contributed by atoms with Crippen LogP contribution in [-0.4, -0.2) is 62.0 Å². The van der Waals surface area contributed by atoms with E-state index in [1.165, 1.54) is 0 Å². The topological polar surface area (TPSA) is 71.0 Å². The first-order valence-electron chi connectivity index (χ1n) is 10.1. The first-order chi connectivity index (χ1) is 13.1. The molecule has 3 unspecified atom stereocenters. The zero-order valence-electron chi connectivity index (χ0n) is 17.2. The maximum atomic E-state index is 5.80. The zero-order chi connectivity index (χ0) is 19.1. The molecule has 28 heavy (non-hydrogen) atoms. The highest BCUT2D eigenvalue weighted by atomic mass is 127. The number of pyridine rings is 1. The molecule has 0 amide bonds. The quantitative estimate of drug-likeness (QED) is 0.354. The Balaban J connectivity index is 0.00000280. The third-order valence-corrected chi connectivity index (χ3v) is 4.84. The van der Waals surface area contributed by atoms with Crippen LogP contribution >= 0.6 is 24.0 Å². The number of guanidine groups is 1. The maximum Gasteiger partial charge on any atom is 0.191 e. The van der Waals surface area contributed by atoms with Crippen LogP contribution < -0.4 is 15.5 Å². The van der Waals surface area contributed by atoms with Crippen molar-refractivity contribution in [3.05, 3.63) is 23.9 Å². The second-order valence-corrected chi connectivity index (χ2v) is 7.40. The summed E-state index contributed by atoms with van der Waals surface area (Å²) in [6.07, 6.45) is 4.96. The van der Waals surface area contributed by atoms with Crippen LogP contribution in [-0.2, 0) is 16.0 Å². The molecule has 2 aliphatic heterocycles. The van der Waals surface area contributed by atoms with Crippen LogP contribution in [0.5, 0.6) is 0 Å². The Morgan fingerprint density at radius 1 is 1.25 bits per heavy atom. The summed E-state index contributed by atoms with van der Waals surface area (Å²) >= 11 is 0. The minimum atomic E-state index is 0. The Morgan fingerprint density at radius 3 is 2.64 bits per heavy atom. The number of hydrogen-bond donors (Lipinski definition) is 2. The fraction of sp³-hybridized carbons (Fsp3) is 0.700. The molecule has 1 aromatic rings. The van der Waals surface area contributed by atoms with Crippen molar-refractivity contribution < 1.29 is 9.47 Å². The molecule has 158 valence electrons. The summed E-state index contributed by atoms with van der Waals surface area (Å²) in [6, 6.07) is 4.20. The number of nitrogens with one attached hydrogen (secondary N) is 2. The molecule has 2 fully saturated rings. The molecule has 0 aliphatic carbocycles. The average molecular weight is 503 g/mol. The van der Waals surface area contributed by atoms with Crippen LogP contribution in [0.25, 0.3) is 0 Å². The van der Waals surface area contributed by atoms with Crippen molar-refractivity contribution >= 4 is 35.8 Å². The van der Waals surface area contributed by atoms with E-state index in [9.17, 15) is 0 Å². The molecule has 2 aliphatic rings. The van der Waals surface area contributed by atoms with Crippen LogP contribution in [0.2, 0.25) is 0 Å². The van der Waals surface area contributed by atoms with E-state index in [1.54, 1.807) is 0 Å². The van der Waals surface area contributed by atoms with E-state index in [0.717, 1.165) is 63.0 Å². The number of anilines is 1. The van der Waals surface area contributed by atoms with Gasteiger partial charge in [0.2, 0.25) is 0 Å². The SMILES string of the molecule is CCNC(=NCc1ccc(N2CC(C)OC(C)C2)nc1)NCC1CCCO1.I. The number of morpholine rings is 1. The largest absolute Gasteiger partial charge is 0.376 e. The van der Waals surface area contributed by atoms with Gasteiger partial charge < -0.3 is 25.0 Å². The van der Waals surface area contributed by atoms with E-state index >= 15 is 0 Å². The van der Waals surface area contributed by atoms with E-state index in [2.05, 4.69) is 58.4 Å². The minimum absolute atomic E-state index is 0. The standard InChI is InChI=1S/C20H33N5O2.HI/c1-4-21-20(24-12-18-6-5-9-26-18)23-11-17-7-8-19(22-10-17)25-13-15(2)27-16(3)14-25;/h7-8,10,15-16,18H,4-6,9,11-14H2,1-3H3,(H2,21,23,24);1H. The molecule has 3 atom stereocenters. The van der Waals surface area contributed by atoms with Crippen LogP contribution in [0, 0.1) is 0 Å². The molecule has 0 saturated carbocycles. The summed E-state index contributed by atoms with van der Waals surface area (Å²) < 4.78 is 11.5. The second-order valence-electron chi connectivity index (χ2n) is 7.40. The normalized spacial score (nSPS) is 25.3. The molecule has 7 nitrogen and oxygen atoms in total. The van der Waals surface area contributed by atoms with E-state index in [1.807, 2.05) is 6.20 Å². The Morgan fingerprint density at radius 2 is 2.04 bits per heavy atom. The van der Waals surface area contributed by atoms with E-state index in [4.69, 9.17) is 9.47 Å². The number of hydrogen-bond acceptors (Lipinski definition) is 5. The molecular formula is C20H34IN5O2. The Hall–Kier alpha value is -1.13.